The number of ether oxygens (including phenoxy) is 1. The van der Waals surface area contributed by atoms with E-state index in [9.17, 15) is 14.3 Å². The average Bonchev–Trinajstić information content (AvgIpc) is 2.51. The van der Waals surface area contributed by atoms with Crippen molar-refractivity contribution in [3.8, 4) is 0 Å². The lowest BCUT2D eigenvalue weighted by Gasteiger charge is -2.18. The zero-order valence-corrected chi connectivity index (χ0v) is 15.1. The van der Waals surface area contributed by atoms with Gasteiger partial charge < -0.3 is 14.2 Å². The Kier molecular flexibility index (Phi) is 14.0. The Morgan fingerprint density at radius 3 is 1.68 bits per heavy atom. The highest BCUT2D eigenvalue weighted by atomic mass is 31.2. The first-order chi connectivity index (χ1) is 10.5. The molecule has 132 valence electrons. The maximum absolute atomic E-state index is 11.1. The fourth-order valence-corrected chi connectivity index (χ4v) is 2.65. The van der Waals surface area contributed by atoms with Gasteiger partial charge in [-0.05, 0) is 6.42 Å². The molecule has 1 atom stereocenters. The Balaban J connectivity index is 3.24. The molecule has 0 bridgehead atoms. The number of carbonyl (C=O) groups is 1. The van der Waals surface area contributed by atoms with Crippen molar-refractivity contribution >= 4 is 13.3 Å². The largest absolute Gasteiger partial charge is 0.770 e. The van der Waals surface area contributed by atoms with Gasteiger partial charge in [-0.1, -0.05) is 77.6 Å². The van der Waals surface area contributed by atoms with E-state index in [0.717, 1.165) is 20.0 Å². The molecule has 0 rings (SSSR count). The van der Waals surface area contributed by atoms with Crippen LogP contribution in [0.1, 0.15) is 84.0 Å². The third-order valence-corrected chi connectivity index (χ3v) is 4.74. The average molecular weight is 335 g/mol. The van der Waals surface area contributed by atoms with E-state index in [0.29, 0.717) is 6.42 Å². The molecule has 5 nitrogen and oxygen atoms in total. The zero-order valence-electron chi connectivity index (χ0n) is 14.2. The fourth-order valence-electron chi connectivity index (χ4n) is 2.26. The number of hydrogen-bond acceptors (Lipinski definition) is 5. The van der Waals surface area contributed by atoms with Crippen molar-refractivity contribution in [2.24, 2.45) is 0 Å². The van der Waals surface area contributed by atoms with Gasteiger partial charge in [0.1, 0.15) is 0 Å². The minimum atomic E-state index is -4.46. The monoisotopic (exact) mass is 335 g/mol. The molecule has 0 saturated heterocycles. The molecule has 0 fully saturated rings. The van der Waals surface area contributed by atoms with E-state index in [4.69, 9.17) is 0 Å². The summed E-state index contributed by atoms with van der Waals surface area (Å²) in [6.07, 6.45) is 14.6. The number of rotatable bonds is 15. The first kappa shape index (κ1) is 21.6. The van der Waals surface area contributed by atoms with E-state index in [1.165, 1.54) is 57.8 Å². The first-order valence-corrected chi connectivity index (χ1v) is 10.1. The Morgan fingerprint density at radius 1 is 0.864 bits per heavy atom. The van der Waals surface area contributed by atoms with Crippen LogP contribution in [0.4, 0.5) is 4.79 Å². The van der Waals surface area contributed by atoms with Crippen LogP contribution in [0.5, 0.6) is 0 Å². The standard InChI is InChI=1S/C16H33O5P/c1-3-4-5-6-7-8-9-10-11-12-13-14-15-21-16(17)22(18,19)20-2/h3-15H2,1-2H3,(H,18,19)/p-1. The summed E-state index contributed by atoms with van der Waals surface area (Å²) >= 11 is 0. The van der Waals surface area contributed by atoms with Crippen LogP contribution in [-0.2, 0) is 13.8 Å². The summed E-state index contributed by atoms with van der Waals surface area (Å²) in [4.78, 5) is 22.1. The van der Waals surface area contributed by atoms with Crippen LogP contribution in [0, 0.1) is 0 Å². The Bertz CT molecular complexity index is 320. The zero-order chi connectivity index (χ0) is 16.7. The molecule has 22 heavy (non-hydrogen) atoms. The second-order valence-corrected chi connectivity index (χ2v) is 7.41. The summed E-state index contributed by atoms with van der Waals surface area (Å²) in [7, 11) is -3.50. The van der Waals surface area contributed by atoms with Crippen LogP contribution in [0.25, 0.3) is 0 Å². The predicted octanol–water partition coefficient (Wildman–Crippen LogP) is 5.02. The van der Waals surface area contributed by atoms with E-state index in [1.807, 2.05) is 0 Å². The van der Waals surface area contributed by atoms with Gasteiger partial charge in [0, 0.05) is 7.11 Å². The van der Waals surface area contributed by atoms with Crippen molar-refractivity contribution in [2.75, 3.05) is 13.7 Å². The van der Waals surface area contributed by atoms with Crippen molar-refractivity contribution < 1.29 is 23.5 Å². The quantitative estimate of drug-likeness (QED) is 0.310. The van der Waals surface area contributed by atoms with E-state index < -0.39 is 13.3 Å². The molecule has 0 aromatic carbocycles. The van der Waals surface area contributed by atoms with E-state index in [-0.39, 0.29) is 6.61 Å². The van der Waals surface area contributed by atoms with Crippen molar-refractivity contribution in [2.45, 2.75) is 84.0 Å². The van der Waals surface area contributed by atoms with Crippen LogP contribution in [0.3, 0.4) is 0 Å². The molecule has 1 unspecified atom stereocenters. The van der Waals surface area contributed by atoms with E-state index in [2.05, 4.69) is 16.2 Å². The smallest absolute Gasteiger partial charge is 0.377 e. The van der Waals surface area contributed by atoms with Crippen LogP contribution in [0.15, 0.2) is 0 Å². The van der Waals surface area contributed by atoms with Gasteiger partial charge in [-0.25, -0.2) is 4.79 Å². The molecular weight excluding hydrogens is 303 g/mol. The third kappa shape index (κ3) is 12.2. The summed E-state index contributed by atoms with van der Waals surface area (Å²) in [5.41, 5.74) is -1.27. The van der Waals surface area contributed by atoms with Crippen LogP contribution in [-0.4, -0.2) is 19.4 Å². The highest BCUT2D eigenvalue weighted by Crippen LogP contribution is 2.37. The van der Waals surface area contributed by atoms with Gasteiger partial charge in [0.05, 0.1) is 6.61 Å². The maximum Gasteiger partial charge on any atom is 0.377 e. The fraction of sp³-hybridized carbons (Fsp3) is 0.938. The van der Waals surface area contributed by atoms with Gasteiger partial charge in [0.25, 0.3) is 0 Å². The molecule has 0 aliphatic heterocycles. The Labute approximate surface area is 135 Å². The lowest BCUT2D eigenvalue weighted by molar-refractivity contribution is -0.193. The van der Waals surface area contributed by atoms with E-state index in [1.54, 1.807) is 0 Å². The summed E-state index contributed by atoms with van der Waals surface area (Å²) in [5.74, 6) is 0. The number of unbranched alkanes of at least 4 members (excludes halogenated alkanes) is 11. The summed E-state index contributed by atoms with van der Waals surface area (Å²) in [5, 5.41) is 0. The maximum atomic E-state index is 11.1. The number of hydrogen-bond donors (Lipinski definition) is 0. The van der Waals surface area contributed by atoms with Crippen LogP contribution >= 0.6 is 7.60 Å². The minimum Gasteiger partial charge on any atom is -0.770 e. The van der Waals surface area contributed by atoms with Gasteiger partial charge in [0.2, 0.25) is 7.60 Å². The van der Waals surface area contributed by atoms with E-state index >= 15 is 0 Å². The van der Waals surface area contributed by atoms with Gasteiger partial charge in [-0.3, -0.25) is 4.57 Å². The second-order valence-electron chi connectivity index (χ2n) is 5.68. The molecule has 0 aromatic rings. The molecule has 0 N–H and O–H groups in total. The summed E-state index contributed by atoms with van der Waals surface area (Å²) < 4.78 is 19.7. The highest BCUT2D eigenvalue weighted by molar-refractivity contribution is 7.69. The van der Waals surface area contributed by atoms with Gasteiger partial charge in [0.15, 0.2) is 0 Å². The van der Waals surface area contributed by atoms with Crippen molar-refractivity contribution in [3.05, 3.63) is 0 Å². The molecule has 0 saturated carbocycles. The van der Waals surface area contributed by atoms with Crippen molar-refractivity contribution in [3.63, 3.8) is 0 Å². The van der Waals surface area contributed by atoms with Crippen LogP contribution < -0.4 is 4.89 Å². The van der Waals surface area contributed by atoms with Crippen molar-refractivity contribution in [1.29, 1.82) is 0 Å². The van der Waals surface area contributed by atoms with Crippen LogP contribution in [0.2, 0.25) is 0 Å². The first-order valence-electron chi connectivity index (χ1n) is 8.58. The highest BCUT2D eigenvalue weighted by Gasteiger charge is 2.19. The molecule has 0 aliphatic carbocycles. The van der Waals surface area contributed by atoms with Gasteiger partial charge in [-0.2, -0.15) is 0 Å². The number of carbonyl (C=O) groups excluding carboxylic acids is 1. The Hall–Kier alpha value is -0.380. The molecule has 0 amide bonds. The normalized spacial score (nSPS) is 13.8. The third-order valence-electron chi connectivity index (χ3n) is 3.69. The molecule has 6 heteroatoms. The topological polar surface area (TPSA) is 75.7 Å². The lowest BCUT2D eigenvalue weighted by atomic mass is 10.1. The SMILES string of the molecule is CCCCCCCCCCCCCCOC(=O)P(=O)([O-])OC. The molecule has 0 aromatic heterocycles. The molecule has 0 radical (unpaired) electrons. The van der Waals surface area contributed by atoms with Crippen molar-refractivity contribution in [1.82, 2.24) is 0 Å². The molecule has 0 heterocycles. The van der Waals surface area contributed by atoms with Gasteiger partial charge >= 0.3 is 5.71 Å². The molecule has 0 spiro atoms. The Morgan fingerprint density at radius 2 is 1.27 bits per heavy atom. The molecule has 0 aliphatic rings. The lowest BCUT2D eigenvalue weighted by Crippen LogP contribution is -2.14. The van der Waals surface area contributed by atoms with Gasteiger partial charge in [-0.15, -0.1) is 0 Å². The summed E-state index contributed by atoms with van der Waals surface area (Å²) in [6, 6.07) is 0. The second kappa shape index (κ2) is 14.2. The summed E-state index contributed by atoms with van der Waals surface area (Å²) in [6.45, 7) is 2.38. The molecular formula is C16H32O5P-. The minimum absolute atomic E-state index is 0.145. The predicted molar refractivity (Wildman–Crippen MR) is 87.0 cm³/mol.